The van der Waals surface area contributed by atoms with Gasteiger partial charge in [0.2, 0.25) is 0 Å². The molecule has 1 fully saturated rings. The number of hydrogen-bond donors (Lipinski definition) is 0. The first-order valence-electron chi connectivity index (χ1n) is 6.34. The van der Waals surface area contributed by atoms with Crippen molar-refractivity contribution in [3.05, 3.63) is 30.2 Å². The van der Waals surface area contributed by atoms with Gasteiger partial charge in [0, 0.05) is 25.4 Å². The predicted octanol–water partition coefficient (Wildman–Crippen LogP) is 1.60. The highest BCUT2D eigenvalue weighted by molar-refractivity contribution is 5.93. The Labute approximate surface area is 105 Å². The first-order valence-corrected chi connectivity index (χ1v) is 6.34. The summed E-state index contributed by atoms with van der Waals surface area (Å²) in [5, 5.41) is 4.16. The molecule has 3 rings (SSSR count). The van der Waals surface area contributed by atoms with Gasteiger partial charge in [0.25, 0.3) is 5.91 Å². The van der Waals surface area contributed by atoms with E-state index in [9.17, 15) is 4.79 Å². The minimum absolute atomic E-state index is 0.0537. The van der Waals surface area contributed by atoms with Gasteiger partial charge in [-0.1, -0.05) is 6.92 Å². The quantitative estimate of drug-likeness (QED) is 0.765. The number of likely N-dealkylation sites (tertiary alicyclic amines) is 1. The first kappa shape index (κ1) is 11.2. The van der Waals surface area contributed by atoms with E-state index in [4.69, 9.17) is 0 Å². The van der Waals surface area contributed by atoms with Gasteiger partial charge in [-0.15, -0.1) is 0 Å². The molecule has 94 valence electrons. The van der Waals surface area contributed by atoms with E-state index in [1.165, 1.54) is 0 Å². The fraction of sp³-hybridized carbons (Fsp3) is 0.462. The zero-order valence-electron chi connectivity index (χ0n) is 10.4. The summed E-state index contributed by atoms with van der Waals surface area (Å²) in [7, 11) is 0. The zero-order chi connectivity index (χ0) is 12.5. The standard InChI is InChI=1S/C13H16N4O/c1-10-4-8-16(9-5-10)13(18)11-2-6-14-12-3-7-15-17(11)12/h2-3,6-7,10H,4-5,8-9H2,1H3. The van der Waals surface area contributed by atoms with E-state index in [2.05, 4.69) is 17.0 Å². The monoisotopic (exact) mass is 244 g/mol. The van der Waals surface area contributed by atoms with Crippen LogP contribution >= 0.6 is 0 Å². The number of rotatable bonds is 1. The number of fused-ring (bicyclic) bond motifs is 1. The average Bonchev–Trinajstić information content (AvgIpc) is 2.87. The fourth-order valence-corrected chi connectivity index (χ4v) is 2.37. The van der Waals surface area contributed by atoms with Crippen molar-refractivity contribution in [2.45, 2.75) is 19.8 Å². The summed E-state index contributed by atoms with van der Waals surface area (Å²) >= 11 is 0. The average molecular weight is 244 g/mol. The predicted molar refractivity (Wildman–Crippen MR) is 67.3 cm³/mol. The van der Waals surface area contributed by atoms with Crippen molar-refractivity contribution in [3.63, 3.8) is 0 Å². The second kappa shape index (κ2) is 4.40. The van der Waals surface area contributed by atoms with Crippen LogP contribution in [-0.2, 0) is 0 Å². The third-order valence-corrected chi connectivity index (χ3v) is 3.58. The lowest BCUT2D eigenvalue weighted by Crippen LogP contribution is -2.38. The Morgan fingerprint density at radius 2 is 2.06 bits per heavy atom. The molecule has 0 spiro atoms. The van der Waals surface area contributed by atoms with Gasteiger partial charge >= 0.3 is 0 Å². The van der Waals surface area contributed by atoms with Crippen molar-refractivity contribution in [2.24, 2.45) is 5.92 Å². The van der Waals surface area contributed by atoms with Gasteiger partial charge in [0.15, 0.2) is 5.65 Å². The van der Waals surface area contributed by atoms with E-state index in [0.717, 1.165) is 31.8 Å². The molecule has 18 heavy (non-hydrogen) atoms. The van der Waals surface area contributed by atoms with Gasteiger partial charge in [0.05, 0.1) is 6.20 Å². The number of hydrogen-bond acceptors (Lipinski definition) is 3. The van der Waals surface area contributed by atoms with Crippen molar-refractivity contribution in [3.8, 4) is 0 Å². The summed E-state index contributed by atoms with van der Waals surface area (Å²) in [6.07, 6.45) is 5.49. The van der Waals surface area contributed by atoms with Crippen LogP contribution in [0.15, 0.2) is 24.5 Å². The van der Waals surface area contributed by atoms with Gasteiger partial charge in [-0.3, -0.25) is 4.79 Å². The SMILES string of the molecule is CC1CCN(C(=O)c2ccnc3ccnn23)CC1. The van der Waals surface area contributed by atoms with Gasteiger partial charge in [-0.25, -0.2) is 9.50 Å². The van der Waals surface area contributed by atoms with E-state index in [0.29, 0.717) is 11.3 Å². The molecule has 0 unspecified atom stereocenters. The maximum absolute atomic E-state index is 12.5. The summed E-state index contributed by atoms with van der Waals surface area (Å²) in [6.45, 7) is 3.91. The van der Waals surface area contributed by atoms with Crippen molar-refractivity contribution < 1.29 is 4.79 Å². The lowest BCUT2D eigenvalue weighted by molar-refractivity contribution is 0.0688. The maximum Gasteiger partial charge on any atom is 0.272 e. The van der Waals surface area contributed by atoms with Crippen molar-refractivity contribution in [1.82, 2.24) is 19.5 Å². The molecular weight excluding hydrogens is 228 g/mol. The van der Waals surface area contributed by atoms with Crippen molar-refractivity contribution in [2.75, 3.05) is 13.1 Å². The highest BCUT2D eigenvalue weighted by atomic mass is 16.2. The van der Waals surface area contributed by atoms with Crippen LogP contribution in [0, 0.1) is 5.92 Å². The molecule has 1 saturated heterocycles. The summed E-state index contributed by atoms with van der Waals surface area (Å²) in [4.78, 5) is 18.5. The molecule has 2 aromatic rings. The Hall–Kier alpha value is -1.91. The number of carbonyl (C=O) groups excluding carboxylic acids is 1. The number of aromatic nitrogens is 3. The second-order valence-electron chi connectivity index (χ2n) is 4.91. The normalized spacial score (nSPS) is 17.3. The smallest absolute Gasteiger partial charge is 0.272 e. The number of nitrogens with zero attached hydrogens (tertiary/aromatic N) is 4. The Bertz CT molecular complexity index is 569. The minimum Gasteiger partial charge on any atom is -0.337 e. The number of piperidine rings is 1. The third kappa shape index (κ3) is 1.85. The molecule has 0 bridgehead atoms. The number of carbonyl (C=O) groups is 1. The van der Waals surface area contributed by atoms with Gasteiger partial charge < -0.3 is 4.90 Å². The molecule has 0 radical (unpaired) electrons. The Kier molecular flexibility index (Phi) is 2.74. The molecule has 2 aromatic heterocycles. The summed E-state index contributed by atoms with van der Waals surface area (Å²) in [5.74, 6) is 0.772. The molecule has 0 aliphatic carbocycles. The van der Waals surface area contributed by atoms with E-state index in [1.807, 2.05) is 4.90 Å². The van der Waals surface area contributed by atoms with Crippen LogP contribution in [0.4, 0.5) is 0 Å². The molecule has 0 aromatic carbocycles. The molecule has 0 atom stereocenters. The minimum atomic E-state index is 0.0537. The molecule has 1 aliphatic heterocycles. The van der Waals surface area contributed by atoms with Gasteiger partial charge in [-0.05, 0) is 24.8 Å². The van der Waals surface area contributed by atoms with E-state index in [1.54, 1.807) is 29.0 Å². The van der Waals surface area contributed by atoms with E-state index < -0.39 is 0 Å². The molecule has 0 saturated carbocycles. The van der Waals surface area contributed by atoms with Crippen LogP contribution in [-0.4, -0.2) is 38.5 Å². The van der Waals surface area contributed by atoms with Crippen LogP contribution in [0.2, 0.25) is 0 Å². The van der Waals surface area contributed by atoms with Crippen molar-refractivity contribution >= 4 is 11.6 Å². The lowest BCUT2D eigenvalue weighted by Gasteiger charge is -2.30. The Balaban J connectivity index is 1.90. The fourth-order valence-electron chi connectivity index (χ4n) is 2.37. The molecule has 3 heterocycles. The molecular formula is C13H16N4O. The lowest BCUT2D eigenvalue weighted by atomic mass is 9.99. The van der Waals surface area contributed by atoms with Gasteiger partial charge in [-0.2, -0.15) is 5.10 Å². The Morgan fingerprint density at radius 3 is 2.83 bits per heavy atom. The highest BCUT2D eigenvalue weighted by Crippen LogP contribution is 2.18. The van der Waals surface area contributed by atoms with Crippen molar-refractivity contribution in [1.29, 1.82) is 0 Å². The van der Waals surface area contributed by atoms with Crippen LogP contribution in [0.25, 0.3) is 5.65 Å². The van der Waals surface area contributed by atoms with E-state index in [-0.39, 0.29) is 5.91 Å². The summed E-state index contributed by atoms with van der Waals surface area (Å²) in [5.41, 5.74) is 1.31. The summed E-state index contributed by atoms with van der Waals surface area (Å²) < 4.78 is 1.61. The number of amides is 1. The third-order valence-electron chi connectivity index (χ3n) is 3.58. The first-order chi connectivity index (χ1) is 8.75. The molecule has 5 heteroatoms. The van der Waals surface area contributed by atoms with Crippen LogP contribution in [0.5, 0.6) is 0 Å². The Morgan fingerprint density at radius 1 is 1.28 bits per heavy atom. The highest BCUT2D eigenvalue weighted by Gasteiger charge is 2.23. The van der Waals surface area contributed by atoms with Crippen LogP contribution in [0.3, 0.4) is 0 Å². The molecule has 1 aliphatic rings. The second-order valence-corrected chi connectivity index (χ2v) is 4.91. The largest absolute Gasteiger partial charge is 0.337 e. The molecule has 5 nitrogen and oxygen atoms in total. The van der Waals surface area contributed by atoms with Crippen LogP contribution < -0.4 is 0 Å². The topological polar surface area (TPSA) is 50.5 Å². The molecule has 1 amide bonds. The summed E-state index contributed by atoms with van der Waals surface area (Å²) in [6, 6.07) is 3.54. The zero-order valence-corrected chi connectivity index (χ0v) is 10.4. The van der Waals surface area contributed by atoms with E-state index >= 15 is 0 Å². The maximum atomic E-state index is 12.5. The van der Waals surface area contributed by atoms with Crippen LogP contribution in [0.1, 0.15) is 30.3 Å². The molecule has 0 N–H and O–H groups in total. The van der Waals surface area contributed by atoms with Gasteiger partial charge in [0.1, 0.15) is 5.69 Å².